The Morgan fingerprint density at radius 3 is 2.69 bits per heavy atom. The highest BCUT2D eigenvalue weighted by Gasteiger charge is 2.03. The molecule has 13 heavy (non-hydrogen) atoms. The molecule has 0 amide bonds. The van der Waals surface area contributed by atoms with Crippen molar-refractivity contribution >= 4 is 0 Å². The van der Waals surface area contributed by atoms with Crippen LogP contribution in [0.4, 0.5) is 4.39 Å². The summed E-state index contributed by atoms with van der Waals surface area (Å²) in [7, 11) is 0. The minimum absolute atomic E-state index is 0.276. The summed E-state index contributed by atoms with van der Waals surface area (Å²) in [5.41, 5.74) is 1.13. The molecule has 0 aliphatic rings. The van der Waals surface area contributed by atoms with Crippen molar-refractivity contribution in [3.63, 3.8) is 0 Å². The highest BCUT2D eigenvalue weighted by Crippen LogP contribution is 2.19. The normalized spacial score (nSPS) is 10.1. The fourth-order valence-corrected chi connectivity index (χ4v) is 1.26. The topological polar surface area (TPSA) is 9.23 Å². The van der Waals surface area contributed by atoms with E-state index in [0.717, 1.165) is 18.4 Å². The molecule has 0 unspecified atom stereocenters. The first-order valence-corrected chi connectivity index (χ1v) is 4.69. The Morgan fingerprint density at radius 2 is 2.08 bits per heavy atom. The molecule has 1 aromatic carbocycles. The van der Waals surface area contributed by atoms with Crippen molar-refractivity contribution in [2.45, 2.75) is 26.7 Å². The first-order valence-electron chi connectivity index (χ1n) is 4.69. The summed E-state index contributed by atoms with van der Waals surface area (Å²) in [6, 6.07) is 5.06. The van der Waals surface area contributed by atoms with Crippen LogP contribution in [0.3, 0.4) is 0 Å². The molecule has 2 heteroatoms. The lowest BCUT2D eigenvalue weighted by Gasteiger charge is -2.06. The minimum Gasteiger partial charge on any atom is -0.491 e. The Labute approximate surface area is 78.5 Å². The second-order valence-corrected chi connectivity index (χ2v) is 2.95. The van der Waals surface area contributed by atoms with Gasteiger partial charge in [-0.05, 0) is 31.0 Å². The maximum atomic E-state index is 13.1. The van der Waals surface area contributed by atoms with E-state index in [1.165, 1.54) is 6.07 Å². The average molecular weight is 182 g/mol. The highest BCUT2D eigenvalue weighted by molar-refractivity contribution is 5.30. The summed E-state index contributed by atoms with van der Waals surface area (Å²) < 4.78 is 18.2. The number of benzene rings is 1. The van der Waals surface area contributed by atoms with E-state index < -0.39 is 0 Å². The van der Waals surface area contributed by atoms with E-state index in [-0.39, 0.29) is 5.82 Å². The van der Waals surface area contributed by atoms with Crippen LogP contribution in [0.25, 0.3) is 0 Å². The van der Waals surface area contributed by atoms with Gasteiger partial charge < -0.3 is 4.74 Å². The third-order valence-electron chi connectivity index (χ3n) is 1.83. The SMILES string of the molecule is CCCc1ccc(F)c(OCC)c1. The van der Waals surface area contributed by atoms with Gasteiger partial charge in [0, 0.05) is 0 Å². The van der Waals surface area contributed by atoms with E-state index in [4.69, 9.17) is 4.74 Å². The zero-order valence-electron chi connectivity index (χ0n) is 8.14. The molecule has 0 fully saturated rings. The Kier molecular flexibility index (Phi) is 3.74. The van der Waals surface area contributed by atoms with Gasteiger partial charge in [-0.3, -0.25) is 0 Å². The molecular formula is C11H15FO. The summed E-state index contributed by atoms with van der Waals surface area (Å²) in [6.07, 6.45) is 2.04. The molecule has 0 spiro atoms. The van der Waals surface area contributed by atoms with Crippen molar-refractivity contribution in [1.82, 2.24) is 0 Å². The predicted octanol–water partition coefficient (Wildman–Crippen LogP) is 3.18. The van der Waals surface area contributed by atoms with Gasteiger partial charge >= 0.3 is 0 Å². The lowest BCUT2D eigenvalue weighted by molar-refractivity contribution is 0.321. The first kappa shape index (κ1) is 10.0. The van der Waals surface area contributed by atoms with Gasteiger partial charge in [-0.15, -0.1) is 0 Å². The van der Waals surface area contributed by atoms with Gasteiger partial charge in [0.15, 0.2) is 11.6 Å². The van der Waals surface area contributed by atoms with Crippen molar-refractivity contribution in [2.75, 3.05) is 6.61 Å². The van der Waals surface area contributed by atoms with Gasteiger partial charge in [-0.2, -0.15) is 0 Å². The van der Waals surface area contributed by atoms with Gasteiger partial charge in [0.1, 0.15) is 0 Å². The van der Waals surface area contributed by atoms with E-state index in [1.54, 1.807) is 12.1 Å². The smallest absolute Gasteiger partial charge is 0.165 e. The third kappa shape index (κ3) is 2.72. The van der Waals surface area contributed by atoms with Gasteiger partial charge in [0.05, 0.1) is 6.61 Å². The highest BCUT2D eigenvalue weighted by atomic mass is 19.1. The Bertz CT molecular complexity index is 271. The van der Waals surface area contributed by atoms with Crippen LogP contribution in [0.5, 0.6) is 5.75 Å². The summed E-state index contributed by atoms with van der Waals surface area (Å²) in [4.78, 5) is 0. The number of ether oxygens (including phenoxy) is 1. The Balaban J connectivity index is 2.83. The molecule has 72 valence electrons. The number of hydrogen-bond donors (Lipinski definition) is 0. The summed E-state index contributed by atoms with van der Waals surface area (Å²) >= 11 is 0. The molecule has 1 aromatic rings. The quantitative estimate of drug-likeness (QED) is 0.695. The maximum absolute atomic E-state index is 13.1. The first-order chi connectivity index (χ1) is 6.27. The second-order valence-electron chi connectivity index (χ2n) is 2.95. The van der Waals surface area contributed by atoms with Crippen LogP contribution in [-0.2, 0) is 6.42 Å². The molecule has 0 saturated heterocycles. The molecule has 1 nitrogen and oxygen atoms in total. The van der Waals surface area contributed by atoms with Gasteiger partial charge in [-0.1, -0.05) is 19.4 Å². The van der Waals surface area contributed by atoms with E-state index in [0.29, 0.717) is 12.4 Å². The maximum Gasteiger partial charge on any atom is 0.165 e. The van der Waals surface area contributed by atoms with Crippen molar-refractivity contribution in [1.29, 1.82) is 0 Å². The van der Waals surface area contributed by atoms with Crippen LogP contribution in [0.1, 0.15) is 25.8 Å². The summed E-state index contributed by atoms with van der Waals surface area (Å²) in [5, 5.41) is 0. The third-order valence-corrected chi connectivity index (χ3v) is 1.83. The van der Waals surface area contributed by atoms with Crippen LogP contribution in [-0.4, -0.2) is 6.61 Å². The minimum atomic E-state index is -0.276. The molecule has 0 heterocycles. The molecule has 1 rings (SSSR count). The monoisotopic (exact) mass is 182 g/mol. The second kappa shape index (κ2) is 4.85. The zero-order chi connectivity index (χ0) is 9.68. The lowest BCUT2D eigenvalue weighted by Crippen LogP contribution is -1.95. The fraction of sp³-hybridized carbons (Fsp3) is 0.455. The molecule has 0 aliphatic heterocycles. The predicted molar refractivity (Wildman–Crippen MR) is 51.6 cm³/mol. The molecule has 0 aliphatic carbocycles. The van der Waals surface area contributed by atoms with Crippen LogP contribution in [0.15, 0.2) is 18.2 Å². The van der Waals surface area contributed by atoms with E-state index in [2.05, 4.69) is 6.92 Å². The number of hydrogen-bond acceptors (Lipinski definition) is 1. The molecule has 0 atom stereocenters. The van der Waals surface area contributed by atoms with E-state index >= 15 is 0 Å². The van der Waals surface area contributed by atoms with Gasteiger partial charge in [0.2, 0.25) is 0 Å². The van der Waals surface area contributed by atoms with Crippen LogP contribution in [0, 0.1) is 5.82 Å². The Morgan fingerprint density at radius 1 is 1.31 bits per heavy atom. The van der Waals surface area contributed by atoms with E-state index in [9.17, 15) is 4.39 Å². The van der Waals surface area contributed by atoms with Crippen LogP contribution >= 0.6 is 0 Å². The number of aryl methyl sites for hydroxylation is 1. The largest absolute Gasteiger partial charge is 0.491 e. The lowest BCUT2D eigenvalue weighted by atomic mass is 10.1. The molecule has 0 N–H and O–H groups in total. The zero-order valence-corrected chi connectivity index (χ0v) is 8.14. The molecule has 0 aromatic heterocycles. The van der Waals surface area contributed by atoms with Crippen molar-refractivity contribution < 1.29 is 9.13 Å². The van der Waals surface area contributed by atoms with E-state index in [1.807, 2.05) is 6.92 Å². The average Bonchev–Trinajstić information content (AvgIpc) is 2.12. The molecule has 0 bridgehead atoms. The van der Waals surface area contributed by atoms with Crippen LogP contribution < -0.4 is 4.74 Å². The molecule has 0 radical (unpaired) electrons. The van der Waals surface area contributed by atoms with Gasteiger partial charge in [0.25, 0.3) is 0 Å². The summed E-state index contributed by atoms with van der Waals surface area (Å²) in [6.45, 7) is 4.46. The van der Waals surface area contributed by atoms with Crippen molar-refractivity contribution in [3.8, 4) is 5.75 Å². The van der Waals surface area contributed by atoms with Crippen LogP contribution in [0.2, 0.25) is 0 Å². The van der Waals surface area contributed by atoms with Crippen molar-refractivity contribution in [2.24, 2.45) is 0 Å². The number of rotatable bonds is 4. The van der Waals surface area contributed by atoms with Crippen molar-refractivity contribution in [3.05, 3.63) is 29.6 Å². The number of halogens is 1. The fourth-order valence-electron chi connectivity index (χ4n) is 1.26. The Hall–Kier alpha value is -1.05. The van der Waals surface area contributed by atoms with Gasteiger partial charge in [-0.25, -0.2) is 4.39 Å². The molecule has 0 saturated carbocycles. The summed E-state index contributed by atoms with van der Waals surface area (Å²) in [5.74, 6) is 0.0927. The standard InChI is InChI=1S/C11H15FO/c1-3-5-9-6-7-10(12)11(8-9)13-4-2/h6-8H,3-5H2,1-2H3. The molecular weight excluding hydrogens is 167 g/mol.